The van der Waals surface area contributed by atoms with E-state index in [0.717, 1.165) is 5.56 Å². The molecule has 0 spiro atoms. The molecule has 4 nitrogen and oxygen atoms in total. The second-order valence-corrected chi connectivity index (χ2v) is 3.99. The fraction of sp³-hybridized carbons (Fsp3) is 0.133. The second kappa shape index (κ2) is 6.68. The Morgan fingerprint density at radius 2 is 1.58 bits per heavy atom. The Bertz CT molecular complexity index is 510. The average molecular weight is 258 g/mol. The fourth-order valence-electron chi connectivity index (χ4n) is 1.67. The molecule has 0 aliphatic carbocycles. The molecule has 0 saturated heterocycles. The summed E-state index contributed by atoms with van der Waals surface area (Å²) in [4.78, 5) is 16.1. The second-order valence-electron chi connectivity index (χ2n) is 3.99. The molecule has 2 aromatic carbocycles. The third-order valence-electron chi connectivity index (χ3n) is 2.65. The van der Waals surface area contributed by atoms with Gasteiger partial charge >= 0.3 is 5.97 Å². The molecular formula is C15H14O4. The van der Waals surface area contributed by atoms with Gasteiger partial charge in [0.2, 0.25) is 6.10 Å². The molecule has 19 heavy (non-hydrogen) atoms. The molecule has 0 radical (unpaired) electrons. The molecule has 1 N–H and O–H groups in total. The molecule has 0 aliphatic heterocycles. The van der Waals surface area contributed by atoms with Crippen molar-refractivity contribution < 1.29 is 19.7 Å². The monoisotopic (exact) mass is 258 g/mol. The number of benzene rings is 2. The Kier molecular flexibility index (Phi) is 4.66. The third-order valence-corrected chi connectivity index (χ3v) is 2.65. The van der Waals surface area contributed by atoms with Crippen molar-refractivity contribution in [3.8, 4) is 0 Å². The van der Waals surface area contributed by atoms with Crippen LogP contribution in [0.2, 0.25) is 0 Å². The van der Waals surface area contributed by atoms with Crippen molar-refractivity contribution in [3.05, 3.63) is 71.8 Å². The average Bonchev–Trinajstić information content (AvgIpc) is 2.48. The molecule has 0 bridgehead atoms. The van der Waals surface area contributed by atoms with Crippen molar-refractivity contribution in [1.29, 1.82) is 0 Å². The van der Waals surface area contributed by atoms with Gasteiger partial charge < -0.3 is 4.74 Å². The van der Waals surface area contributed by atoms with Gasteiger partial charge in [0, 0.05) is 0 Å². The molecule has 1 unspecified atom stereocenters. The fourth-order valence-corrected chi connectivity index (χ4v) is 1.67. The van der Waals surface area contributed by atoms with Crippen molar-refractivity contribution in [2.45, 2.75) is 12.7 Å². The van der Waals surface area contributed by atoms with E-state index in [1.165, 1.54) is 0 Å². The molecule has 4 heteroatoms. The van der Waals surface area contributed by atoms with E-state index in [4.69, 9.17) is 9.99 Å². The minimum absolute atomic E-state index is 0.145. The lowest BCUT2D eigenvalue weighted by molar-refractivity contribution is -0.281. The Hall–Kier alpha value is -2.17. The van der Waals surface area contributed by atoms with Crippen LogP contribution in [0.4, 0.5) is 0 Å². The lowest BCUT2D eigenvalue weighted by Crippen LogP contribution is -2.17. The van der Waals surface area contributed by atoms with Gasteiger partial charge in [-0.2, -0.15) is 0 Å². The van der Waals surface area contributed by atoms with E-state index in [0.29, 0.717) is 5.56 Å². The van der Waals surface area contributed by atoms with Crippen molar-refractivity contribution in [2.75, 3.05) is 0 Å². The third kappa shape index (κ3) is 3.64. The van der Waals surface area contributed by atoms with E-state index in [9.17, 15) is 4.79 Å². The normalized spacial score (nSPS) is 11.8. The van der Waals surface area contributed by atoms with E-state index < -0.39 is 12.1 Å². The summed E-state index contributed by atoms with van der Waals surface area (Å²) in [5, 5.41) is 8.85. The summed E-state index contributed by atoms with van der Waals surface area (Å²) in [6.45, 7) is 0.145. The molecule has 1 atom stereocenters. The molecule has 0 saturated carbocycles. The highest BCUT2D eigenvalue weighted by Crippen LogP contribution is 2.18. The van der Waals surface area contributed by atoms with Crippen LogP contribution in [0.5, 0.6) is 0 Å². The zero-order valence-electron chi connectivity index (χ0n) is 10.2. The Morgan fingerprint density at radius 1 is 1.00 bits per heavy atom. The van der Waals surface area contributed by atoms with Crippen LogP contribution in [0.25, 0.3) is 0 Å². The predicted octanol–water partition coefficient (Wildman–Crippen LogP) is 2.96. The van der Waals surface area contributed by atoms with E-state index in [1.54, 1.807) is 24.3 Å². The van der Waals surface area contributed by atoms with Crippen LogP contribution < -0.4 is 0 Å². The molecular weight excluding hydrogens is 244 g/mol. The van der Waals surface area contributed by atoms with Gasteiger partial charge in [-0.05, 0) is 11.1 Å². The summed E-state index contributed by atoms with van der Waals surface area (Å²) < 4.78 is 5.11. The van der Waals surface area contributed by atoms with Crippen LogP contribution in [0.3, 0.4) is 0 Å². The lowest BCUT2D eigenvalue weighted by atomic mass is 10.1. The summed E-state index contributed by atoms with van der Waals surface area (Å²) in [6, 6.07) is 18.0. The maximum Gasteiger partial charge on any atom is 0.343 e. The molecule has 98 valence electrons. The Morgan fingerprint density at radius 3 is 2.16 bits per heavy atom. The smallest absolute Gasteiger partial charge is 0.343 e. The highest BCUT2D eigenvalue weighted by atomic mass is 17.1. The largest absolute Gasteiger partial charge is 0.459 e. The highest BCUT2D eigenvalue weighted by Gasteiger charge is 2.23. The van der Waals surface area contributed by atoms with E-state index in [1.807, 2.05) is 36.4 Å². The topological polar surface area (TPSA) is 55.8 Å². The summed E-state index contributed by atoms with van der Waals surface area (Å²) in [5.41, 5.74) is 1.42. The lowest BCUT2D eigenvalue weighted by Gasteiger charge is -2.13. The van der Waals surface area contributed by atoms with Gasteiger partial charge in [0.05, 0.1) is 0 Å². The van der Waals surface area contributed by atoms with Crippen LogP contribution >= 0.6 is 0 Å². The number of esters is 1. The Balaban J connectivity index is 1.98. The van der Waals surface area contributed by atoms with Crippen molar-refractivity contribution in [3.63, 3.8) is 0 Å². The maximum absolute atomic E-state index is 11.8. The van der Waals surface area contributed by atoms with Gasteiger partial charge in [-0.1, -0.05) is 60.7 Å². The molecule has 0 aliphatic rings. The van der Waals surface area contributed by atoms with Crippen LogP contribution in [0.1, 0.15) is 17.2 Å². The first-order valence-electron chi connectivity index (χ1n) is 5.87. The number of carbonyl (C=O) groups is 1. The standard InChI is InChI=1S/C15H14O4/c16-15(18-11-12-7-3-1-4-8-12)14(19-17)13-9-5-2-6-10-13/h1-10,14,17H,11H2. The van der Waals surface area contributed by atoms with Gasteiger partial charge in [0.25, 0.3) is 0 Å². The first kappa shape index (κ1) is 13.3. The van der Waals surface area contributed by atoms with Gasteiger partial charge in [-0.25, -0.2) is 9.68 Å². The molecule has 0 heterocycles. The number of ether oxygens (including phenoxy) is 1. The first-order valence-corrected chi connectivity index (χ1v) is 5.87. The minimum Gasteiger partial charge on any atom is -0.459 e. The SMILES string of the molecule is O=C(OCc1ccccc1)C(OO)c1ccccc1. The number of hydrogen-bond donors (Lipinski definition) is 1. The van der Waals surface area contributed by atoms with Gasteiger partial charge in [0.1, 0.15) is 6.61 Å². The molecule has 0 amide bonds. The van der Waals surface area contributed by atoms with Crippen molar-refractivity contribution >= 4 is 5.97 Å². The first-order chi connectivity index (χ1) is 9.31. The highest BCUT2D eigenvalue weighted by molar-refractivity contribution is 5.76. The molecule has 0 aromatic heterocycles. The molecule has 0 fully saturated rings. The quantitative estimate of drug-likeness (QED) is 0.509. The summed E-state index contributed by atoms with van der Waals surface area (Å²) >= 11 is 0. The number of hydrogen-bond acceptors (Lipinski definition) is 4. The zero-order valence-corrected chi connectivity index (χ0v) is 10.2. The maximum atomic E-state index is 11.8. The summed E-state index contributed by atoms with van der Waals surface area (Å²) in [5.74, 6) is -0.627. The van der Waals surface area contributed by atoms with E-state index >= 15 is 0 Å². The summed E-state index contributed by atoms with van der Waals surface area (Å²) in [6.07, 6.45) is -1.12. The van der Waals surface area contributed by atoms with Gasteiger partial charge in [0.15, 0.2) is 0 Å². The van der Waals surface area contributed by atoms with Crippen molar-refractivity contribution in [1.82, 2.24) is 0 Å². The Labute approximate surface area is 111 Å². The van der Waals surface area contributed by atoms with Crippen LogP contribution in [0.15, 0.2) is 60.7 Å². The minimum atomic E-state index is -1.12. The molecule has 2 rings (SSSR count). The summed E-state index contributed by atoms with van der Waals surface area (Å²) in [7, 11) is 0. The van der Waals surface area contributed by atoms with Gasteiger partial charge in [-0.15, -0.1) is 0 Å². The van der Waals surface area contributed by atoms with E-state index in [2.05, 4.69) is 4.89 Å². The zero-order chi connectivity index (χ0) is 13.5. The van der Waals surface area contributed by atoms with Crippen LogP contribution in [-0.2, 0) is 21.0 Å². The van der Waals surface area contributed by atoms with Crippen molar-refractivity contribution in [2.24, 2.45) is 0 Å². The van der Waals surface area contributed by atoms with E-state index in [-0.39, 0.29) is 6.61 Å². The number of carbonyl (C=O) groups excluding carboxylic acids is 1. The van der Waals surface area contributed by atoms with Crippen LogP contribution in [-0.4, -0.2) is 11.2 Å². The molecule has 2 aromatic rings. The number of rotatable bonds is 5. The van der Waals surface area contributed by atoms with Gasteiger partial charge in [-0.3, -0.25) is 5.26 Å². The predicted molar refractivity (Wildman–Crippen MR) is 69.1 cm³/mol. The van der Waals surface area contributed by atoms with Crippen LogP contribution in [0, 0.1) is 0 Å².